The Morgan fingerprint density at radius 3 is 2.04 bits per heavy atom. The van der Waals surface area contributed by atoms with Crippen LogP contribution in [-0.4, -0.2) is 45.4 Å². The summed E-state index contributed by atoms with van der Waals surface area (Å²) in [5.74, 6) is 8.37. The largest absolute Gasteiger partial charge is 0.468 e. The first kappa shape index (κ1) is 20.8. The molecule has 0 aliphatic heterocycles. The molecule has 0 aliphatic rings. The predicted octanol–water partition coefficient (Wildman–Crippen LogP) is 0.977. The van der Waals surface area contributed by atoms with E-state index in [0.717, 1.165) is 14.2 Å². The Labute approximate surface area is 138 Å². The lowest BCUT2D eigenvalue weighted by atomic mass is 9.81. The molecule has 0 amide bonds. The van der Waals surface area contributed by atoms with E-state index in [0.29, 0.717) is 0 Å². The second-order valence-corrected chi connectivity index (χ2v) is 10.6. The van der Waals surface area contributed by atoms with E-state index in [4.69, 9.17) is 6.42 Å². The van der Waals surface area contributed by atoms with Gasteiger partial charge in [0.2, 0.25) is 0 Å². The van der Waals surface area contributed by atoms with Crippen LogP contribution in [-0.2, 0) is 19.1 Å². The van der Waals surface area contributed by atoms with Crippen molar-refractivity contribution in [3.63, 3.8) is 0 Å². The van der Waals surface area contributed by atoms with Gasteiger partial charge in [0.05, 0.1) is 14.2 Å². The number of carbonyl (C=O) groups is 2. The van der Waals surface area contributed by atoms with E-state index in [-0.39, 0.29) is 12.8 Å². The Hall–Kier alpha value is -2.20. The first-order chi connectivity index (χ1) is 10.6. The third-order valence-electron chi connectivity index (χ3n) is 2.77. The molecule has 5 nitrogen and oxygen atoms in total. The molecule has 0 radical (unpaired) electrons. The van der Waals surface area contributed by atoms with Crippen molar-refractivity contribution < 1.29 is 24.2 Å². The fourth-order valence-electron chi connectivity index (χ4n) is 1.62. The van der Waals surface area contributed by atoms with Crippen LogP contribution in [0.25, 0.3) is 0 Å². The van der Waals surface area contributed by atoms with Gasteiger partial charge < -0.3 is 14.6 Å². The number of aliphatic hydroxyl groups excluding tert-OH is 1. The zero-order valence-corrected chi connectivity index (χ0v) is 15.1. The number of terminal acetylenes is 1. The number of rotatable bonds is 4. The molecule has 0 saturated carbocycles. The van der Waals surface area contributed by atoms with E-state index in [2.05, 4.69) is 38.7 Å². The van der Waals surface area contributed by atoms with E-state index in [1.165, 1.54) is 0 Å². The Morgan fingerprint density at radius 2 is 1.65 bits per heavy atom. The second-order valence-electron chi connectivity index (χ2n) is 5.87. The third-order valence-corrected chi connectivity index (χ3v) is 3.66. The van der Waals surface area contributed by atoms with Gasteiger partial charge in [-0.25, -0.2) is 0 Å². The first-order valence-electron chi connectivity index (χ1n) is 6.92. The summed E-state index contributed by atoms with van der Waals surface area (Å²) < 4.78 is 9.31. The third kappa shape index (κ3) is 6.61. The summed E-state index contributed by atoms with van der Waals surface area (Å²) in [4.78, 5) is 24.0. The van der Waals surface area contributed by atoms with Gasteiger partial charge in [0.15, 0.2) is 11.5 Å². The van der Waals surface area contributed by atoms with Gasteiger partial charge in [0.1, 0.15) is 8.07 Å². The maximum atomic E-state index is 12.0. The van der Waals surface area contributed by atoms with Crippen LogP contribution < -0.4 is 0 Å². The van der Waals surface area contributed by atoms with Crippen molar-refractivity contribution in [2.75, 3.05) is 14.2 Å². The van der Waals surface area contributed by atoms with Gasteiger partial charge >= 0.3 is 11.9 Å². The van der Waals surface area contributed by atoms with Crippen LogP contribution in [0.4, 0.5) is 0 Å². The minimum absolute atomic E-state index is 0.211. The van der Waals surface area contributed by atoms with E-state index < -0.39 is 31.5 Å². The molecule has 0 spiro atoms. The van der Waals surface area contributed by atoms with Gasteiger partial charge in [0, 0.05) is 12.8 Å². The fourth-order valence-corrected chi connectivity index (χ4v) is 2.19. The predicted molar refractivity (Wildman–Crippen MR) is 89.4 cm³/mol. The van der Waals surface area contributed by atoms with Gasteiger partial charge in [0.25, 0.3) is 0 Å². The number of hydrogen-bond acceptors (Lipinski definition) is 5. The summed E-state index contributed by atoms with van der Waals surface area (Å²) in [6.07, 6.45) is 3.66. The summed E-state index contributed by atoms with van der Waals surface area (Å²) in [7, 11) is 0.683. The highest BCUT2D eigenvalue weighted by Crippen LogP contribution is 2.29. The average Bonchev–Trinajstić information content (AvgIpc) is 2.49. The molecular formula is C17H22O5Si. The molecule has 0 heterocycles. The van der Waals surface area contributed by atoms with Gasteiger partial charge in [-0.1, -0.05) is 37.4 Å². The monoisotopic (exact) mass is 334 g/mol. The van der Waals surface area contributed by atoms with Crippen molar-refractivity contribution in [2.24, 2.45) is 5.41 Å². The lowest BCUT2D eigenvalue weighted by Crippen LogP contribution is -2.40. The first-order valence-corrected chi connectivity index (χ1v) is 10.4. The minimum Gasteiger partial charge on any atom is -0.468 e. The minimum atomic E-state index is -1.70. The molecule has 0 aliphatic carbocycles. The highest BCUT2D eigenvalue weighted by atomic mass is 28.3. The molecule has 0 bridgehead atoms. The second kappa shape index (κ2) is 9.05. The van der Waals surface area contributed by atoms with E-state index in [9.17, 15) is 14.7 Å². The molecular weight excluding hydrogens is 312 g/mol. The lowest BCUT2D eigenvalue weighted by molar-refractivity contribution is -0.168. The standard InChI is InChI=1S/C17H22O5Si/c1-7-11-17(15(19)21-2,16(20)22-3)12-8-9-14(18)10-13-23(4,5)6/h1,14,18H,11-12H2,2-6H3. The van der Waals surface area contributed by atoms with E-state index in [1.54, 1.807) is 0 Å². The molecule has 23 heavy (non-hydrogen) atoms. The molecule has 1 unspecified atom stereocenters. The number of aliphatic hydroxyl groups is 1. The van der Waals surface area contributed by atoms with E-state index in [1.807, 2.05) is 19.6 Å². The zero-order valence-electron chi connectivity index (χ0n) is 14.1. The Bertz CT molecular complexity index is 585. The van der Waals surface area contributed by atoms with Crippen molar-refractivity contribution in [1.82, 2.24) is 0 Å². The molecule has 0 rings (SSSR count). The zero-order chi connectivity index (χ0) is 18.1. The van der Waals surface area contributed by atoms with Crippen LogP contribution in [0.1, 0.15) is 12.8 Å². The molecule has 0 aromatic heterocycles. The van der Waals surface area contributed by atoms with Crippen LogP contribution in [0.15, 0.2) is 0 Å². The molecule has 0 saturated heterocycles. The van der Waals surface area contributed by atoms with Crippen molar-refractivity contribution in [2.45, 2.75) is 38.6 Å². The van der Waals surface area contributed by atoms with Crippen molar-refractivity contribution >= 4 is 20.0 Å². The Morgan fingerprint density at radius 1 is 1.13 bits per heavy atom. The number of hydrogen-bond donors (Lipinski definition) is 1. The van der Waals surface area contributed by atoms with Crippen LogP contribution >= 0.6 is 0 Å². The Kier molecular flexibility index (Phi) is 8.19. The lowest BCUT2D eigenvalue weighted by Gasteiger charge is -2.23. The van der Waals surface area contributed by atoms with Crippen molar-refractivity contribution in [1.29, 1.82) is 0 Å². The normalized spacial score (nSPS) is 11.7. The highest BCUT2D eigenvalue weighted by molar-refractivity contribution is 6.83. The van der Waals surface area contributed by atoms with Gasteiger partial charge in [-0.05, 0) is 0 Å². The van der Waals surface area contributed by atoms with Gasteiger partial charge in [-0.2, -0.15) is 0 Å². The quantitative estimate of drug-likeness (QED) is 0.359. The molecule has 6 heteroatoms. The van der Waals surface area contributed by atoms with Gasteiger partial charge in [-0.3, -0.25) is 9.59 Å². The number of methoxy groups -OCH3 is 2. The summed E-state index contributed by atoms with van der Waals surface area (Å²) in [5, 5.41) is 9.73. The summed E-state index contributed by atoms with van der Waals surface area (Å²) in [6, 6.07) is 0. The van der Waals surface area contributed by atoms with Crippen LogP contribution in [0.3, 0.4) is 0 Å². The smallest absolute Gasteiger partial charge is 0.325 e. The molecule has 0 aromatic rings. The van der Waals surface area contributed by atoms with Crippen LogP contribution in [0.2, 0.25) is 19.6 Å². The fraction of sp³-hybridized carbons (Fsp3) is 0.529. The molecule has 1 atom stereocenters. The molecule has 0 fully saturated rings. The number of esters is 2. The average molecular weight is 334 g/mol. The Balaban J connectivity index is 5.40. The van der Waals surface area contributed by atoms with E-state index >= 15 is 0 Å². The van der Waals surface area contributed by atoms with Crippen LogP contribution in [0.5, 0.6) is 0 Å². The van der Waals surface area contributed by atoms with Crippen molar-refractivity contribution in [3.05, 3.63) is 0 Å². The number of carbonyl (C=O) groups excluding carboxylic acids is 2. The number of ether oxygens (including phenoxy) is 2. The van der Waals surface area contributed by atoms with Crippen molar-refractivity contribution in [3.8, 4) is 35.6 Å². The molecule has 0 aromatic carbocycles. The summed E-state index contributed by atoms with van der Waals surface area (Å²) >= 11 is 0. The summed E-state index contributed by atoms with van der Waals surface area (Å²) in [5.41, 5.74) is 1.29. The summed E-state index contributed by atoms with van der Waals surface area (Å²) in [6.45, 7) is 6.10. The van der Waals surface area contributed by atoms with Crippen LogP contribution in [0, 0.1) is 41.1 Å². The topological polar surface area (TPSA) is 72.8 Å². The maximum absolute atomic E-state index is 12.0. The SMILES string of the molecule is C#CCC(CC#CC(O)C#C[Si](C)(C)C)(C(=O)OC)C(=O)OC. The molecule has 1 N–H and O–H groups in total. The van der Waals surface area contributed by atoms with Gasteiger partial charge in [-0.15, -0.1) is 17.9 Å². The highest BCUT2D eigenvalue weighted by Gasteiger charge is 2.47. The molecule has 124 valence electrons. The maximum Gasteiger partial charge on any atom is 0.325 e.